The number of ether oxygens (including phenoxy) is 1. The van der Waals surface area contributed by atoms with Crippen molar-refractivity contribution in [3.63, 3.8) is 0 Å². The molecule has 2 atom stereocenters. The number of rotatable bonds is 4. The van der Waals surface area contributed by atoms with Crippen LogP contribution in [0, 0.1) is 5.92 Å². The molecule has 1 heterocycles. The van der Waals surface area contributed by atoms with E-state index >= 15 is 0 Å². The molecule has 4 nitrogen and oxygen atoms in total. The fourth-order valence-corrected chi connectivity index (χ4v) is 1.67. The predicted octanol–water partition coefficient (Wildman–Crippen LogP) is 0.137. The number of carbonyl (C=O) groups excluding carboxylic acids is 1. The Morgan fingerprint density at radius 1 is 1.57 bits per heavy atom. The predicted molar refractivity (Wildman–Crippen MR) is 55.1 cm³/mol. The second-order valence-corrected chi connectivity index (χ2v) is 3.99. The normalized spacial score (nSPS) is 27.3. The SMILES string of the molecule is COCC(=O)NCC1CCC(C)NC1. The zero-order valence-electron chi connectivity index (χ0n) is 9.01. The van der Waals surface area contributed by atoms with Crippen molar-refractivity contribution in [1.82, 2.24) is 10.6 Å². The van der Waals surface area contributed by atoms with Gasteiger partial charge in [-0.25, -0.2) is 0 Å². The lowest BCUT2D eigenvalue weighted by molar-refractivity contribution is -0.124. The van der Waals surface area contributed by atoms with E-state index in [4.69, 9.17) is 4.74 Å². The third kappa shape index (κ3) is 4.07. The highest BCUT2D eigenvalue weighted by Gasteiger charge is 2.17. The monoisotopic (exact) mass is 200 g/mol. The van der Waals surface area contributed by atoms with Crippen molar-refractivity contribution in [2.24, 2.45) is 5.92 Å². The largest absolute Gasteiger partial charge is 0.375 e. The van der Waals surface area contributed by atoms with E-state index in [-0.39, 0.29) is 12.5 Å². The number of methoxy groups -OCH3 is 1. The van der Waals surface area contributed by atoms with Gasteiger partial charge in [-0.15, -0.1) is 0 Å². The molecular formula is C10H20N2O2. The first-order valence-corrected chi connectivity index (χ1v) is 5.21. The number of nitrogens with one attached hydrogen (secondary N) is 2. The van der Waals surface area contributed by atoms with Crippen LogP contribution < -0.4 is 10.6 Å². The number of amides is 1. The van der Waals surface area contributed by atoms with Gasteiger partial charge in [-0.2, -0.15) is 0 Å². The van der Waals surface area contributed by atoms with Gasteiger partial charge in [0.1, 0.15) is 6.61 Å². The zero-order chi connectivity index (χ0) is 10.4. The molecule has 1 aliphatic rings. The standard InChI is InChI=1S/C10H20N2O2/c1-8-3-4-9(5-11-8)6-12-10(13)7-14-2/h8-9,11H,3-7H2,1-2H3,(H,12,13). The third-order valence-electron chi connectivity index (χ3n) is 2.63. The van der Waals surface area contributed by atoms with E-state index in [1.165, 1.54) is 20.0 Å². The van der Waals surface area contributed by atoms with Gasteiger partial charge in [0.15, 0.2) is 0 Å². The molecule has 0 radical (unpaired) electrons. The zero-order valence-corrected chi connectivity index (χ0v) is 9.01. The summed E-state index contributed by atoms with van der Waals surface area (Å²) in [4.78, 5) is 11.1. The van der Waals surface area contributed by atoms with Crippen molar-refractivity contribution in [2.75, 3.05) is 26.8 Å². The summed E-state index contributed by atoms with van der Waals surface area (Å²) in [5.41, 5.74) is 0. The molecule has 2 N–H and O–H groups in total. The molecule has 0 aromatic rings. The summed E-state index contributed by atoms with van der Waals surface area (Å²) in [6.45, 7) is 4.13. The van der Waals surface area contributed by atoms with E-state index in [1.807, 2.05) is 0 Å². The maximum atomic E-state index is 11.1. The first-order chi connectivity index (χ1) is 6.72. The minimum Gasteiger partial charge on any atom is -0.375 e. The van der Waals surface area contributed by atoms with Crippen LogP contribution in [-0.4, -0.2) is 38.8 Å². The molecule has 2 unspecified atom stereocenters. The lowest BCUT2D eigenvalue weighted by atomic mass is 9.95. The molecule has 0 aliphatic carbocycles. The van der Waals surface area contributed by atoms with Gasteiger partial charge in [-0.05, 0) is 32.2 Å². The fraction of sp³-hybridized carbons (Fsp3) is 0.900. The highest BCUT2D eigenvalue weighted by atomic mass is 16.5. The van der Waals surface area contributed by atoms with Crippen LogP contribution in [0.5, 0.6) is 0 Å². The molecule has 0 aromatic heterocycles. The smallest absolute Gasteiger partial charge is 0.245 e. The fourth-order valence-electron chi connectivity index (χ4n) is 1.67. The Kier molecular flexibility index (Phi) is 4.90. The molecule has 1 saturated heterocycles. The molecule has 82 valence electrons. The first kappa shape index (κ1) is 11.5. The molecule has 4 heteroatoms. The average Bonchev–Trinajstić information content (AvgIpc) is 2.17. The Labute approximate surface area is 85.4 Å². The van der Waals surface area contributed by atoms with E-state index in [9.17, 15) is 4.79 Å². The highest BCUT2D eigenvalue weighted by molar-refractivity contribution is 5.77. The van der Waals surface area contributed by atoms with E-state index in [0.29, 0.717) is 12.0 Å². The summed E-state index contributed by atoms with van der Waals surface area (Å²) < 4.78 is 4.73. The summed E-state index contributed by atoms with van der Waals surface area (Å²) in [6, 6.07) is 0.626. The number of piperidine rings is 1. The van der Waals surface area contributed by atoms with Crippen LogP contribution in [0.15, 0.2) is 0 Å². The Hall–Kier alpha value is -0.610. The Balaban J connectivity index is 2.09. The van der Waals surface area contributed by atoms with Gasteiger partial charge in [0.2, 0.25) is 5.91 Å². The van der Waals surface area contributed by atoms with Gasteiger partial charge in [-0.3, -0.25) is 4.79 Å². The minimum absolute atomic E-state index is 0.0221. The Morgan fingerprint density at radius 3 is 2.93 bits per heavy atom. The summed E-state index contributed by atoms with van der Waals surface area (Å²) >= 11 is 0. The van der Waals surface area contributed by atoms with E-state index in [1.54, 1.807) is 0 Å². The molecule has 0 saturated carbocycles. The van der Waals surface area contributed by atoms with Gasteiger partial charge in [0, 0.05) is 19.7 Å². The Bertz CT molecular complexity index is 177. The van der Waals surface area contributed by atoms with Crippen LogP contribution in [0.4, 0.5) is 0 Å². The second kappa shape index (κ2) is 5.98. The average molecular weight is 200 g/mol. The number of hydrogen-bond donors (Lipinski definition) is 2. The topological polar surface area (TPSA) is 50.4 Å². The molecule has 1 aliphatic heterocycles. The summed E-state index contributed by atoms with van der Waals surface area (Å²) in [5, 5.41) is 6.27. The van der Waals surface area contributed by atoms with E-state index in [0.717, 1.165) is 13.1 Å². The van der Waals surface area contributed by atoms with Crippen LogP contribution in [0.1, 0.15) is 19.8 Å². The van der Waals surface area contributed by atoms with Crippen molar-refractivity contribution in [2.45, 2.75) is 25.8 Å². The maximum absolute atomic E-state index is 11.1. The Morgan fingerprint density at radius 2 is 2.36 bits per heavy atom. The lowest BCUT2D eigenvalue weighted by Gasteiger charge is -2.27. The number of hydrogen-bond acceptors (Lipinski definition) is 3. The molecule has 0 spiro atoms. The summed E-state index contributed by atoms with van der Waals surface area (Å²) in [5.74, 6) is 0.554. The van der Waals surface area contributed by atoms with Crippen molar-refractivity contribution in [3.8, 4) is 0 Å². The van der Waals surface area contributed by atoms with Crippen LogP contribution in [0.25, 0.3) is 0 Å². The lowest BCUT2D eigenvalue weighted by Crippen LogP contribution is -2.42. The number of carbonyl (C=O) groups is 1. The molecule has 1 amide bonds. The van der Waals surface area contributed by atoms with E-state index < -0.39 is 0 Å². The van der Waals surface area contributed by atoms with Gasteiger partial charge in [0.25, 0.3) is 0 Å². The summed E-state index contributed by atoms with van der Waals surface area (Å²) in [7, 11) is 1.53. The molecule has 1 rings (SSSR count). The summed E-state index contributed by atoms with van der Waals surface area (Å²) in [6.07, 6.45) is 2.40. The van der Waals surface area contributed by atoms with Crippen molar-refractivity contribution in [1.29, 1.82) is 0 Å². The van der Waals surface area contributed by atoms with Crippen LogP contribution >= 0.6 is 0 Å². The maximum Gasteiger partial charge on any atom is 0.245 e. The second-order valence-electron chi connectivity index (χ2n) is 3.99. The first-order valence-electron chi connectivity index (χ1n) is 5.21. The van der Waals surface area contributed by atoms with Gasteiger partial charge < -0.3 is 15.4 Å². The van der Waals surface area contributed by atoms with Crippen LogP contribution in [0.2, 0.25) is 0 Å². The van der Waals surface area contributed by atoms with Gasteiger partial charge >= 0.3 is 0 Å². The van der Waals surface area contributed by atoms with Gasteiger partial charge in [-0.1, -0.05) is 0 Å². The molecule has 0 aromatic carbocycles. The quantitative estimate of drug-likeness (QED) is 0.678. The van der Waals surface area contributed by atoms with Gasteiger partial charge in [0.05, 0.1) is 0 Å². The molecule has 0 bridgehead atoms. The molecule has 14 heavy (non-hydrogen) atoms. The van der Waals surface area contributed by atoms with Crippen molar-refractivity contribution < 1.29 is 9.53 Å². The van der Waals surface area contributed by atoms with Crippen molar-refractivity contribution >= 4 is 5.91 Å². The van der Waals surface area contributed by atoms with Crippen LogP contribution in [0.3, 0.4) is 0 Å². The highest BCUT2D eigenvalue weighted by Crippen LogP contribution is 2.12. The minimum atomic E-state index is -0.0221. The molecular weight excluding hydrogens is 180 g/mol. The molecule has 1 fully saturated rings. The third-order valence-corrected chi connectivity index (χ3v) is 2.63. The van der Waals surface area contributed by atoms with Crippen LogP contribution in [-0.2, 0) is 9.53 Å². The van der Waals surface area contributed by atoms with Crippen molar-refractivity contribution in [3.05, 3.63) is 0 Å². The van der Waals surface area contributed by atoms with E-state index in [2.05, 4.69) is 17.6 Å².